The molecule has 0 unspecified atom stereocenters. The van der Waals surface area contributed by atoms with Crippen LogP contribution >= 0.6 is 27.3 Å². The van der Waals surface area contributed by atoms with Crippen molar-refractivity contribution in [3.05, 3.63) is 45.1 Å². The van der Waals surface area contributed by atoms with Crippen LogP contribution in [-0.2, 0) is 0 Å². The number of rotatable bonds is 2. The van der Waals surface area contributed by atoms with Gasteiger partial charge in [-0.15, -0.1) is 11.3 Å². The Hall–Kier alpha value is -0.930. The van der Waals surface area contributed by atoms with Crippen LogP contribution in [0.1, 0.15) is 9.67 Å². The Labute approximate surface area is 94.5 Å². The van der Waals surface area contributed by atoms with Gasteiger partial charge in [-0.05, 0) is 27.6 Å². The van der Waals surface area contributed by atoms with E-state index in [1.165, 1.54) is 11.3 Å². The fourth-order valence-electron chi connectivity index (χ4n) is 1.26. The Kier molecular flexibility index (Phi) is 2.79. The van der Waals surface area contributed by atoms with Crippen molar-refractivity contribution >= 4 is 33.6 Å². The first-order chi connectivity index (χ1) is 6.81. The first-order valence-corrected chi connectivity index (χ1v) is 5.72. The van der Waals surface area contributed by atoms with Crippen LogP contribution in [0.3, 0.4) is 0 Å². The fraction of sp³-hybridized carbons (Fsp3) is 0. The normalized spacial score (nSPS) is 10.1. The fourth-order valence-corrected chi connectivity index (χ4v) is 2.88. The highest BCUT2D eigenvalue weighted by Crippen LogP contribution is 2.34. The molecule has 1 nitrogen and oxygen atoms in total. The van der Waals surface area contributed by atoms with Crippen molar-refractivity contribution in [1.29, 1.82) is 0 Å². The SMILES string of the molecule is O=Cc1cc(-c2ccccc2)c(Br)s1. The molecule has 0 bridgehead atoms. The van der Waals surface area contributed by atoms with Crippen molar-refractivity contribution in [1.82, 2.24) is 0 Å². The molecule has 0 saturated carbocycles. The minimum atomic E-state index is 0.746. The topological polar surface area (TPSA) is 17.1 Å². The first kappa shape index (κ1) is 9.62. The van der Waals surface area contributed by atoms with Crippen LogP contribution in [-0.4, -0.2) is 6.29 Å². The summed E-state index contributed by atoms with van der Waals surface area (Å²) in [7, 11) is 0. The van der Waals surface area contributed by atoms with Gasteiger partial charge in [-0.2, -0.15) is 0 Å². The van der Waals surface area contributed by atoms with E-state index in [0.29, 0.717) is 0 Å². The van der Waals surface area contributed by atoms with E-state index in [9.17, 15) is 4.79 Å². The van der Waals surface area contributed by atoms with Crippen molar-refractivity contribution in [3.8, 4) is 11.1 Å². The Morgan fingerprint density at radius 3 is 2.50 bits per heavy atom. The Bertz CT molecular complexity index is 448. The second kappa shape index (κ2) is 4.07. The van der Waals surface area contributed by atoms with Gasteiger partial charge in [-0.1, -0.05) is 30.3 Å². The van der Waals surface area contributed by atoms with Gasteiger partial charge in [0.15, 0.2) is 6.29 Å². The molecule has 14 heavy (non-hydrogen) atoms. The third-order valence-corrected chi connectivity index (χ3v) is 3.67. The highest BCUT2D eigenvalue weighted by atomic mass is 79.9. The number of hydrogen-bond acceptors (Lipinski definition) is 2. The third-order valence-electron chi connectivity index (χ3n) is 1.91. The predicted molar refractivity (Wildman–Crippen MR) is 62.8 cm³/mol. The van der Waals surface area contributed by atoms with E-state index < -0.39 is 0 Å². The van der Waals surface area contributed by atoms with Crippen LogP contribution in [0.25, 0.3) is 11.1 Å². The summed E-state index contributed by atoms with van der Waals surface area (Å²) in [4.78, 5) is 11.3. The number of carbonyl (C=O) groups excluding carboxylic acids is 1. The molecule has 2 aromatic rings. The van der Waals surface area contributed by atoms with Crippen LogP contribution in [0.5, 0.6) is 0 Å². The summed E-state index contributed by atoms with van der Waals surface area (Å²) >= 11 is 4.91. The van der Waals surface area contributed by atoms with E-state index >= 15 is 0 Å². The smallest absolute Gasteiger partial charge is 0.160 e. The first-order valence-electron chi connectivity index (χ1n) is 4.11. The molecule has 0 spiro atoms. The molecule has 0 amide bonds. The van der Waals surface area contributed by atoms with Gasteiger partial charge >= 0.3 is 0 Å². The molecular formula is C11H7BrOS. The standard InChI is InChI=1S/C11H7BrOS/c12-11-10(6-9(7-13)14-11)8-4-2-1-3-5-8/h1-7H. The van der Waals surface area contributed by atoms with Crippen LogP contribution in [0, 0.1) is 0 Å². The summed E-state index contributed by atoms with van der Waals surface area (Å²) in [5.74, 6) is 0. The second-order valence-corrected chi connectivity index (χ2v) is 5.22. The lowest BCUT2D eigenvalue weighted by atomic mass is 10.1. The van der Waals surface area contributed by atoms with Gasteiger partial charge in [0, 0.05) is 5.56 Å². The van der Waals surface area contributed by atoms with Gasteiger partial charge in [0.25, 0.3) is 0 Å². The van der Waals surface area contributed by atoms with Crippen molar-refractivity contribution in [2.24, 2.45) is 0 Å². The zero-order valence-electron chi connectivity index (χ0n) is 7.24. The lowest BCUT2D eigenvalue weighted by Crippen LogP contribution is -1.72. The summed E-state index contributed by atoms with van der Waals surface area (Å²) in [6, 6.07) is 11.9. The molecule has 0 aliphatic heterocycles. The second-order valence-electron chi connectivity index (χ2n) is 2.82. The van der Waals surface area contributed by atoms with Gasteiger partial charge in [0.05, 0.1) is 8.66 Å². The average molecular weight is 267 g/mol. The average Bonchev–Trinajstić information content (AvgIpc) is 2.61. The maximum atomic E-state index is 10.6. The zero-order valence-corrected chi connectivity index (χ0v) is 9.64. The predicted octanol–water partition coefficient (Wildman–Crippen LogP) is 3.99. The van der Waals surface area contributed by atoms with Crippen molar-refractivity contribution < 1.29 is 4.79 Å². The Balaban J connectivity index is 2.51. The van der Waals surface area contributed by atoms with Gasteiger partial charge in [-0.25, -0.2) is 0 Å². The van der Waals surface area contributed by atoms with Crippen LogP contribution < -0.4 is 0 Å². The molecule has 0 saturated heterocycles. The molecule has 1 aromatic carbocycles. The lowest BCUT2D eigenvalue weighted by molar-refractivity contribution is 0.112. The lowest BCUT2D eigenvalue weighted by Gasteiger charge is -1.96. The minimum absolute atomic E-state index is 0.746. The Morgan fingerprint density at radius 1 is 1.21 bits per heavy atom. The van der Waals surface area contributed by atoms with Crippen LogP contribution in [0.15, 0.2) is 40.2 Å². The van der Waals surface area contributed by atoms with E-state index in [1.807, 2.05) is 36.4 Å². The molecule has 0 aliphatic rings. The van der Waals surface area contributed by atoms with Crippen molar-refractivity contribution in [2.75, 3.05) is 0 Å². The van der Waals surface area contributed by atoms with Crippen LogP contribution in [0.2, 0.25) is 0 Å². The maximum absolute atomic E-state index is 10.6. The zero-order chi connectivity index (χ0) is 9.97. The molecule has 1 aromatic heterocycles. The molecule has 0 N–H and O–H groups in total. The largest absolute Gasteiger partial charge is 0.297 e. The maximum Gasteiger partial charge on any atom is 0.160 e. The number of hydrogen-bond donors (Lipinski definition) is 0. The van der Waals surface area contributed by atoms with Gasteiger partial charge in [0.1, 0.15) is 0 Å². The number of carbonyl (C=O) groups is 1. The van der Waals surface area contributed by atoms with Crippen molar-refractivity contribution in [3.63, 3.8) is 0 Å². The van der Waals surface area contributed by atoms with Crippen molar-refractivity contribution in [2.45, 2.75) is 0 Å². The van der Waals surface area contributed by atoms with E-state index in [4.69, 9.17) is 0 Å². The number of halogens is 1. The number of thiophene rings is 1. The molecule has 0 fully saturated rings. The number of aldehydes is 1. The van der Waals surface area contributed by atoms with Gasteiger partial charge < -0.3 is 0 Å². The van der Waals surface area contributed by atoms with E-state index in [1.54, 1.807) is 0 Å². The summed E-state index contributed by atoms with van der Waals surface area (Å²) in [6.07, 6.45) is 0.877. The quantitative estimate of drug-likeness (QED) is 0.752. The summed E-state index contributed by atoms with van der Waals surface area (Å²) in [5.41, 5.74) is 2.21. The van der Waals surface area contributed by atoms with E-state index in [-0.39, 0.29) is 0 Å². The molecule has 70 valence electrons. The summed E-state index contributed by atoms with van der Waals surface area (Å²) < 4.78 is 1.01. The van der Waals surface area contributed by atoms with E-state index in [0.717, 1.165) is 26.1 Å². The third kappa shape index (κ3) is 1.79. The van der Waals surface area contributed by atoms with Gasteiger partial charge in [-0.3, -0.25) is 4.79 Å². The van der Waals surface area contributed by atoms with E-state index in [2.05, 4.69) is 15.9 Å². The molecule has 1 heterocycles. The molecule has 2 rings (SSSR count). The summed E-state index contributed by atoms with van der Waals surface area (Å²) in [6.45, 7) is 0. The Morgan fingerprint density at radius 2 is 1.93 bits per heavy atom. The molecule has 3 heteroatoms. The molecule has 0 aliphatic carbocycles. The highest BCUT2D eigenvalue weighted by molar-refractivity contribution is 9.11. The molecular weight excluding hydrogens is 260 g/mol. The minimum Gasteiger partial charge on any atom is -0.297 e. The molecule has 0 radical (unpaired) electrons. The van der Waals surface area contributed by atoms with Crippen LogP contribution in [0.4, 0.5) is 0 Å². The summed E-state index contributed by atoms with van der Waals surface area (Å²) in [5, 5.41) is 0. The molecule has 0 atom stereocenters. The monoisotopic (exact) mass is 266 g/mol. The van der Waals surface area contributed by atoms with Gasteiger partial charge in [0.2, 0.25) is 0 Å². The highest BCUT2D eigenvalue weighted by Gasteiger charge is 2.07. The number of benzene rings is 1.